The molecule has 0 N–H and O–H groups in total. The number of hydrogen-bond donors (Lipinski definition) is 0. The van der Waals surface area contributed by atoms with Crippen LogP contribution in [0.2, 0.25) is 0 Å². The Labute approximate surface area is 378 Å². The molecule has 0 saturated heterocycles. The van der Waals surface area contributed by atoms with E-state index in [9.17, 15) is 10.5 Å². The van der Waals surface area contributed by atoms with Gasteiger partial charge in [-0.1, -0.05) is 93.2 Å². The largest absolute Gasteiger partial charge is 0.486 e. The summed E-state index contributed by atoms with van der Waals surface area (Å²) in [5.74, 6) is 0.937. The molecule has 10 nitrogen and oxygen atoms in total. The number of rotatable bonds is 7. The number of imidazole rings is 1. The summed E-state index contributed by atoms with van der Waals surface area (Å²) in [5.41, 5.74) is 11.8. The maximum absolute atomic E-state index is 9.39. The van der Waals surface area contributed by atoms with Gasteiger partial charge in [-0.05, 0) is 82.2 Å². The monoisotopic (exact) mass is 996 g/mol. The van der Waals surface area contributed by atoms with Crippen LogP contribution in [0.3, 0.4) is 0 Å². The van der Waals surface area contributed by atoms with Crippen molar-refractivity contribution in [3.63, 3.8) is 0 Å². The molecule has 0 bridgehead atoms. The maximum Gasteiger partial charge on any atom is 0.236 e. The molecule has 0 aliphatic heterocycles. The molecule has 10 rings (SSSR count). The van der Waals surface area contributed by atoms with Crippen molar-refractivity contribution in [3.8, 4) is 63.1 Å². The fourth-order valence-electron chi connectivity index (χ4n) is 7.61. The Balaban J connectivity index is 0.000000361. The first-order valence-corrected chi connectivity index (χ1v) is 20.2. The van der Waals surface area contributed by atoms with E-state index in [0.717, 1.165) is 38.8 Å². The Morgan fingerprint density at radius 1 is 0.619 bits per heavy atom. The minimum atomic E-state index is -0.160. The van der Waals surface area contributed by atoms with Crippen molar-refractivity contribution in [3.05, 3.63) is 175 Å². The van der Waals surface area contributed by atoms with Gasteiger partial charge in [-0.15, -0.1) is 54.1 Å². The number of benzene rings is 5. The fourth-order valence-corrected chi connectivity index (χ4v) is 7.61. The van der Waals surface area contributed by atoms with Crippen LogP contribution in [0.15, 0.2) is 144 Å². The number of nitriles is 2. The van der Waals surface area contributed by atoms with Gasteiger partial charge in [0.05, 0.1) is 22.4 Å². The van der Waals surface area contributed by atoms with E-state index < -0.39 is 0 Å². The predicted molar refractivity (Wildman–Crippen MR) is 241 cm³/mol. The number of para-hydroxylation sites is 2. The summed E-state index contributed by atoms with van der Waals surface area (Å²) >= 11 is 0. The second-order valence-corrected chi connectivity index (χ2v) is 15.2. The maximum atomic E-state index is 9.39. The third-order valence-corrected chi connectivity index (χ3v) is 10.5. The van der Waals surface area contributed by atoms with Crippen molar-refractivity contribution in [1.82, 2.24) is 34.5 Å². The summed E-state index contributed by atoms with van der Waals surface area (Å²) in [5, 5.41) is 20.4. The van der Waals surface area contributed by atoms with E-state index >= 15 is 0 Å². The molecule has 0 aliphatic carbocycles. The van der Waals surface area contributed by atoms with Crippen LogP contribution in [0, 0.1) is 34.8 Å². The smallest absolute Gasteiger partial charge is 0.236 e. The molecule has 0 aliphatic rings. The second-order valence-electron chi connectivity index (χ2n) is 15.2. The Morgan fingerprint density at radius 2 is 1.32 bits per heavy atom. The van der Waals surface area contributed by atoms with Gasteiger partial charge in [0.1, 0.15) is 17.8 Å². The van der Waals surface area contributed by atoms with Crippen LogP contribution in [0.4, 0.5) is 0 Å². The molecule has 0 amide bonds. The van der Waals surface area contributed by atoms with Crippen LogP contribution >= 0.6 is 0 Å². The average molecular weight is 996 g/mol. The molecule has 0 atom stereocenters. The summed E-state index contributed by atoms with van der Waals surface area (Å²) < 4.78 is 8.80. The first-order chi connectivity index (χ1) is 30.3. The van der Waals surface area contributed by atoms with Gasteiger partial charge in [0.15, 0.2) is 5.82 Å². The zero-order valence-corrected chi connectivity index (χ0v) is 37.1. The van der Waals surface area contributed by atoms with Gasteiger partial charge in [-0.25, -0.2) is 4.98 Å². The van der Waals surface area contributed by atoms with Gasteiger partial charge in [-0.3, -0.25) is 4.98 Å². The Morgan fingerprint density at radius 3 is 1.98 bits per heavy atom. The Hall–Kier alpha value is -7.69. The average Bonchev–Trinajstić information content (AvgIpc) is 3.90. The van der Waals surface area contributed by atoms with E-state index in [2.05, 4.69) is 107 Å². The third-order valence-electron chi connectivity index (χ3n) is 10.5. The van der Waals surface area contributed by atoms with Gasteiger partial charge < -0.3 is 14.0 Å². The zero-order chi connectivity index (χ0) is 42.7. The molecular weight excluding hydrogens is 959 g/mol. The standard InChI is InChI=1S/C41H29N8O.C11H8N.Ir/c1-23(2)30-19-26(25-11-6-5-7-12-25)20-31(24(3)4)37(30)49-34-16-9-8-15-32(34)44-40(49)29-14-10-13-27-28-17-18-33(45-41(28)50-38(27)29)39-47-35(21-42)46-36(22-43)48-39;1-2-6-10(7-3-1)11-8-4-5-9-12-11;/h5-13,15-20,23-24H,1-4H3;1-6,8-9H;/q2*-1;. The first-order valence-electron chi connectivity index (χ1n) is 20.2. The molecule has 0 unspecified atom stereocenters. The molecule has 307 valence electrons. The van der Waals surface area contributed by atoms with E-state index in [1.807, 2.05) is 97.1 Å². The molecule has 5 heterocycles. The number of pyridine rings is 2. The molecule has 0 spiro atoms. The molecule has 11 heteroatoms. The number of furan rings is 1. The predicted octanol–water partition coefficient (Wildman–Crippen LogP) is 11.8. The summed E-state index contributed by atoms with van der Waals surface area (Å²) in [6, 6.07) is 54.8. The minimum absolute atomic E-state index is 0. The van der Waals surface area contributed by atoms with Crippen LogP contribution in [-0.2, 0) is 20.1 Å². The van der Waals surface area contributed by atoms with Crippen molar-refractivity contribution in [1.29, 1.82) is 10.5 Å². The summed E-state index contributed by atoms with van der Waals surface area (Å²) in [4.78, 5) is 26.4. The van der Waals surface area contributed by atoms with Crippen molar-refractivity contribution >= 4 is 33.1 Å². The summed E-state index contributed by atoms with van der Waals surface area (Å²) in [7, 11) is 0. The van der Waals surface area contributed by atoms with Crippen LogP contribution < -0.4 is 0 Å². The van der Waals surface area contributed by atoms with Gasteiger partial charge in [0.25, 0.3) is 0 Å². The zero-order valence-electron chi connectivity index (χ0n) is 34.7. The molecule has 5 aromatic carbocycles. The number of nitrogens with zero attached hydrogens (tertiary/aromatic N) is 9. The molecule has 63 heavy (non-hydrogen) atoms. The van der Waals surface area contributed by atoms with Crippen molar-refractivity contribution in [2.45, 2.75) is 39.5 Å². The van der Waals surface area contributed by atoms with Crippen LogP contribution in [-0.4, -0.2) is 34.5 Å². The Bertz CT molecular complexity index is 3230. The molecule has 1 radical (unpaired) electrons. The van der Waals surface area contributed by atoms with E-state index in [0.29, 0.717) is 28.4 Å². The summed E-state index contributed by atoms with van der Waals surface area (Å²) in [6.45, 7) is 8.93. The molecule has 0 fully saturated rings. The van der Waals surface area contributed by atoms with Gasteiger partial charge in [0.2, 0.25) is 17.4 Å². The number of fused-ring (bicyclic) bond motifs is 4. The van der Waals surface area contributed by atoms with Crippen molar-refractivity contribution < 1.29 is 24.5 Å². The minimum Gasteiger partial charge on any atom is -0.486 e. The quantitative estimate of drug-likeness (QED) is 0.143. The number of hydrogen-bond acceptors (Lipinski definition) is 9. The first kappa shape index (κ1) is 42.0. The second kappa shape index (κ2) is 18.1. The van der Waals surface area contributed by atoms with Gasteiger partial charge in [-0.2, -0.15) is 25.5 Å². The third kappa shape index (κ3) is 8.24. The van der Waals surface area contributed by atoms with Crippen molar-refractivity contribution in [2.75, 3.05) is 0 Å². The van der Waals surface area contributed by atoms with E-state index in [1.165, 1.54) is 22.3 Å². The van der Waals surface area contributed by atoms with Crippen LogP contribution in [0.25, 0.3) is 84.1 Å². The SMILES string of the molecule is CC(C)c1cc(-c2ccccc2)cc(C(C)C)c1-n1c(-c2[c-]ccc3c2oc2nc(-c4nc(C#N)nc(C#N)n4)ccc23)nc2ccccc21.[Ir].[c-]1ccccc1-c1ccccn1. The number of aromatic nitrogens is 7. The molecule has 5 aromatic heterocycles. The van der Waals surface area contributed by atoms with Gasteiger partial charge >= 0.3 is 0 Å². The van der Waals surface area contributed by atoms with Crippen LogP contribution in [0.1, 0.15) is 62.3 Å². The summed E-state index contributed by atoms with van der Waals surface area (Å²) in [6.07, 6.45) is 1.79. The molecule has 0 saturated carbocycles. The topological polar surface area (TPSA) is 143 Å². The van der Waals surface area contributed by atoms with E-state index in [4.69, 9.17) is 14.4 Å². The normalized spacial score (nSPS) is 11.0. The van der Waals surface area contributed by atoms with Crippen LogP contribution in [0.5, 0.6) is 0 Å². The fraction of sp³-hybridized carbons (Fsp3) is 0.115. The Kier molecular flexibility index (Phi) is 12.1. The van der Waals surface area contributed by atoms with Crippen molar-refractivity contribution in [2.24, 2.45) is 0 Å². The molecule has 10 aromatic rings. The van der Waals surface area contributed by atoms with Gasteiger partial charge in [0, 0.05) is 37.4 Å². The van der Waals surface area contributed by atoms with E-state index in [1.54, 1.807) is 12.3 Å². The molecular formula is C52H37IrN9O-2. The van der Waals surface area contributed by atoms with E-state index in [-0.39, 0.29) is 49.4 Å².